The molecule has 0 saturated carbocycles. The van der Waals surface area contributed by atoms with Crippen LogP contribution in [0.25, 0.3) is 0 Å². The van der Waals surface area contributed by atoms with Gasteiger partial charge < -0.3 is 14.4 Å². The summed E-state index contributed by atoms with van der Waals surface area (Å²) in [6, 6.07) is 22.8. The molecule has 1 saturated heterocycles. The second kappa shape index (κ2) is 10.2. The van der Waals surface area contributed by atoms with Crippen LogP contribution in [0.15, 0.2) is 72.8 Å². The Morgan fingerprint density at radius 3 is 2.47 bits per heavy atom. The first-order valence-electron chi connectivity index (χ1n) is 10.2. The van der Waals surface area contributed by atoms with Crippen LogP contribution in [-0.4, -0.2) is 41.6 Å². The minimum Gasteiger partial charge on any atom is -0.492 e. The van der Waals surface area contributed by atoms with E-state index in [0.29, 0.717) is 25.5 Å². The van der Waals surface area contributed by atoms with Gasteiger partial charge in [0.25, 0.3) is 5.24 Å². The summed E-state index contributed by atoms with van der Waals surface area (Å²) in [5.41, 5.74) is 0.983. The van der Waals surface area contributed by atoms with Crippen LogP contribution in [0.3, 0.4) is 0 Å². The molecule has 2 amide bonds. The molecule has 0 bridgehead atoms. The average Bonchev–Trinajstić information content (AvgIpc) is 3.12. The zero-order valence-electron chi connectivity index (χ0n) is 17.6. The molecular formula is C24H23N3O4S. The average molecular weight is 450 g/mol. The lowest BCUT2D eigenvalue weighted by Crippen LogP contribution is -2.25. The Bertz CT molecular complexity index is 1080. The number of anilines is 1. The maximum atomic E-state index is 11.7. The topological polar surface area (TPSA) is 80.8 Å². The van der Waals surface area contributed by atoms with Crippen LogP contribution in [0.2, 0.25) is 0 Å². The van der Waals surface area contributed by atoms with E-state index in [4.69, 9.17) is 9.47 Å². The standard InChI is InChI=1S/C24H23N3O4S/c1-27(21-8-5-9-22(25-21)31-19-6-3-2-4-7-19)14-15-30-18-12-10-17(11-13-18)16-20-23(28)26-24(29)32-20/h2-13,20H,14-16H2,1H3,(H,26,28,29). The summed E-state index contributed by atoms with van der Waals surface area (Å²) in [6.45, 7) is 1.13. The highest BCUT2D eigenvalue weighted by atomic mass is 32.2. The van der Waals surface area contributed by atoms with Gasteiger partial charge in [-0.3, -0.25) is 14.9 Å². The number of hydrogen-bond donors (Lipinski definition) is 1. The minimum atomic E-state index is -0.364. The van der Waals surface area contributed by atoms with Crippen molar-refractivity contribution in [2.75, 3.05) is 25.1 Å². The van der Waals surface area contributed by atoms with Gasteiger partial charge in [0.05, 0.1) is 11.8 Å². The quantitative estimate of drug-likeness (QED) is 0.522. The van der Waals surface area contributed by atoms with Crippen molar-refractivity contribution in [1.29, 1.82) is 0 Å². The molecule has 32 heavy (non-hydrogen) atoms. The van der Waals surface area contributed by atoms with Crippen molar-refractivity contribution < 1.29 is 19.1 Å². The number of aromatic nitrogens is 1. The molecule has 2 aromatic carbocycles. The Balaban J connectivity index is 1.26. The first kappa shape index (κ1) is 21.7. The van der Waals surface area contributed by atoms with Gasteiger partial charge in [-0.1, -0.05) is 48.2 Å². The van der Waals surface area contributed by atoms with Crippen molar-refractivity contribution in [1.82, 2.24) is 10.3 Å². The number of benzene rings is 2. The van der Waals surface area contributed by atoms with Crippen LogP contribution in [0, 0.1) is 0 Å². The summed E-state index contributed by atoms with van der Waals surface area (Å²) in [5, 5.41) is 1.66. The van der Waals surface area contributed by atoms with Crippen molar-refractivity contribution in [3.8, 4) is 17.4 Å². The van der Waals surface area contributed by atoms with Crippen LogP contribution < -0.4 is 19.7 Å². The SMILES string of the molecule is CN(CCOc1ccc(CC2SC(=O)NC2=O)cc1)c1cccc(Oc2ccccc2)n1. The largest absolute Gasteiger partial charge is 0.492 e. The number of amides is 2. The lowest BCUT2D eigenvalue weighted by atomic mass is 10.1. The highest BCUT2D eigenvalue weighted by molar-refractivity contribution is 8.15. The summed E-state index contributed by atoms with van der Waals surface area (Å²) in [4.78, 5) is 29.5. The van der Waals surface area contributed by atoms with E-state index in [1.54, 1.807) is 0 Å². The fourth-order valence-corrected chi connectivity index (χ4v) is 4.02. The van der Waals surface area contributed by atoms with E-state index in [9.17, 15) is 9.59 Å². The molecule has 0 aliphatic carbocycles. The van der Waals surface area contributed by atoms with Crippen LogP contribution in [0.5, 0.6) is 17.4 Å². The molecule has 1 N–H and O–H groups in total. The second-order valence-corrected chi connectivity index (χ2v) is 8.43. The predicted octanol–water partition coefficient (Wildman–Crippen LogP) is 4.28. The van der Waals surface area contributed by atoms with E-state index in [2.05, 4.69) is 10.3 Å². The number of rotatable bonds is 9. The van der Waals surface area contributed by atoms with E-state index >= 15 is 0 Å². The van der Waals surface area contributed by atoms with Crippen LogP contribution in [0.1, 0.15) is 5.56 Å². The molecule has 1 aliphatic heterocycles. The number of carbonyl (C=O) groups excluding carboxylic acids is 2. The van der Waals surface area contributed by atoms with Gasteiger partial charge in [-0.05, 0) is 42.3 Å². The molecule has 0 radical (unpaired) electrons. The predicted molar refractivity (Wildman–Crippen MR) is 125 cm³/mol. The van der Waals surface area contributed by atoms with E-state index in [1.165, 1.54) is 0 Å². The van der Waals surface area contributed by atoms with E-state index in [1.807, 2.05) is 84.7 Å². The molecule has 1 unspecified atom stereocenters. The van der Waals surface area contributed by atoms with Gasteiger partial charge in [-0.2, -0.15) is 4.98 Å². The third kappa shape index (κ3) is 5.79. The molecule has 4 rings (SSSR count). The van der Waals surface area contributed by atoms with Gasteiger partial charge in [-0.15, -0.1) is 0 Å². The zero-order chi connectivity index (χ0) is 22.3. The normalized spacial score (nSPS) is 15.3. The molecule has 8 heteroatoms. The van der Waals surface area contributed by atoms with Crippen LogP contribution >= 0.6 is 11.8 Å². The third-order valence-corrected chi connectivity index (χ3v) is 5.85. The molecular weight excluding hydrogens is 426 g/mol. The van der Waals surface area contributed by atoms with Gasteiger partial charge in [0, 0.05) is 13.1 Å². The van der Waals surface area contributed by atoms with Gasteiger partial charge in [0.15, 0.2) is 0 Å². The van der Waals surface area contributed by atoms with E-state index in [-0.39, 0.29) is 16.4 Å². The molecule has 1 fully saturated rings. The van der Waals surface area contributed by atoms with Crippen LogP contribution in [0.4, 0.5) is 10.6 Å². The van der Waals surface area contributed by atoms with Crippen molar-refractivity contribution >= 4 is 28.7 Å². The number of hydrogen-bond acceptors (Lipinski definition) is 7. The van der Waals surface area contributed by atoms with Gasteiger partial charge in [-0.25, -0.2) is 0 Å². The summed E-state index contributed by atoms with van der Waals surface area (Å²) in [7, 11) is 1.95. The molecule has 1 aliphatic rings. The van der Waals surface area contributed by atoms with Crippen molar-refractivity contribution in [3.05, 3.63) is 78.4 Å². The number of para-hydroxylation sites is 1. The number of likely N-dealkylation sites (N-methyl/N-ethyl adjacent to an activating group) is 1. The number of carbonyl (C=O) groups is 2. The summed E-state index contributed by atoms with van der Waals surface area (Å²) >= 11 is 1.04. The first-order chi connectivity index (χ1) is 15.6. The smallest absolute Gasteiger partial charge is 0.286 e. The number of ether oxygens (including phenoxy) is 2. The number of imide groups is 1. The fraction of sp³-hybridized carbons (Fsp3) is 0.208. The number of nitrogens with zero attached hydrogens (tertiary/aromatic N) is 2. The number of thioether (sulfide) groups is 1. The van der Waals surface area contributed by atoms with Crippen molar-refractivity contribution in [2.24, 2.45) is 0 Å². The molecule has 1 aromatic heterocycles. The Kier molecular flexibility index (Phi) is 6.91. The maximum absolute atomic E-state index is 11.7. The summed E-state index contributed by atoms with van der Waals surface area (Å²) in [6.07, 6.45) is 0.512. The summed E-state index contributed by atoms with van der Waals surface area (Å²) < 4.78 is 11.6. The minimum absolute atomic E-state index is 0.227. The number of pyridine rings is 1. The van der Waals surface area contributed by atoms with E-state index < -0.39 is 0 Å². The lowest BCUT2D eigenvalue weighted by Gasteiger charge is -2.19. The van der Waals surface area contributed by atoms with E-state index in [0.717, 1.165) is 34.6 Å². The van der Waals surface area contributed by atoms with Crippen molar-refractivity contribution in [2.45, 2.75) is 11.7 Å². The monoisotopic (exact) mass is 449 g/mol. The van der Waals surface area contributed by atoms with Gasteiger partial charge in [0.1, 0.15) is 23.9 Å². The molecule has 7 nitrogen and oxygen atoms in total. The van der Waals surface area contributed by atoms with Crippen molar-refractivity contribution in [3.63, 3.8) is 0 Å². The van der Waals surface area contributed by atoms with Gasteiger partial charge in [0.2, 0.25) is 11.8 Å². The second-order valence-electron chi connectivity index (χ2n) is 7.25. The Morgan fingerprint density at radius 2 is 1.75 bits per heavy atom. The highest BCUT2D eigenvalue weighted by Crippen LogP contribution is 2.24. The number of nitrogens with one attached hydrogen (secondary N) is 1. The lowest BCUT2D eigenvalue weighted by molar-refractivity contribution is -0.118. The molecule has 2 heterocycles. The van der Waals surface area contributed by atoms with Crippen LogP contribution in [-0.2, 0) is 11.2 Å². The molecule has 3 aromatic rings. The molecule has 0 spiro atoms. The summed E-state index contributed by atoms with van der Waals surface area (Å²) in [5.74, 6) is 2.59. The molecule has 164 valence electrons. The Labute approximate surface area is 190 Å². The highest BCUT2D eigenvalue weighted by Gasteiger charge is 2.31. The fourth-order valence-electron chi connectivity index (χ4n) is 3.16. The molecule has 1 atom stereocenters. The third-order valence-electron chi connectivity index (χ3n) is 4.87. The maximum Gasteiger partial charge on any atom is 0.286 e. The Morgan fingerprint density at radius 1 is 0.969 bits per heavy atom. The zero-order valence-corrected chi connectivity index (χ0v) is 18.4. The Hall–Kier alpha value is -3.52. The first-order valence-corrected chi connectivity index (χ1v) is 11.1. The van der Waals surface area contributed by atoms with Gasteiger partial charge >= 0.3 is 0 Å².